The monoisotopic (exact) mass is 202 g/mol. The average Bonchev–Trinajstić information content (AvgIpc) is 2.88. The average molecular weight is 202 g/mol. The van der Waals surface area contributed by atoms with Gasteiger partial charge < -0.3 is 9.40 Å². The summed E-state index contributed by atoms with van der Waals surface area (Å²) in [6.07, 6.45) is 5.98. The Bertz CT molecular complexity index is 650. The molecule has 3 aromatic heterocycles. The summed E-state index contributed by atoms with van der Waals surface area (Å²) in [6.45, 7) is 0. The Labute approximate surface area is 83.2 Å². The van der Waals surface area contributed by atoms with E-state index in [-0.39, 0.29) is 5.56 Å². The van der Waals surface area contributed by atoms with E-state index in [1.54, 1.807) is 6.07 Å². The van der Waals surface area contributed by atoms with E-state index in [4.69, 9.17) is 4.42 Å². The zero-order chi connectivity index (χ0) is 10.3. The third-order valence-corrected chi connectivity index (χ3v) is 2.09. The maximum atomic E-state index is 11.6. The van der Waals surface area contributed by atoms with Crippen molar-refractivity contribution in [3.8, 4) is 11.4 Å². The second-order valence-corrected chi connectivity index (χ2v) is 3.04. The van der Waals surface area contributed by atoms with Crippen LogP contribution in [-0.2, 0) is 0 Å². The van der Waals surface area contributed by atoms with Crippen LogP contribution in [0.1, 0.15) is 0 Å². The summed E-state index contributed by atoms with van der Waals surface area (Å²) in [6, 6.07) is 1.72. The summed E-state index contributed by atoms with van der Waals surface area (Å²) < 4.78 is 6.35. The Balaban J connectivity index is 2.34. The molecule has 0 saturated carbocycles. The minimum atomic E-state index is -0.223. The number of aromatic nitrogens is 4. The Kier molecular flexibility index (Phi) is 1.49. The first kappa shape index (κ1) is 7.98. The third kappa shape index (κ3) is 1.15. The highest BCUT2D eigenvalue weighted by Gasteiger charge is 2.06. The van der Waals surface area contributed by atoms with Crippen molar-refractivity contribution in [1.29, 1.82) is 0 Å². The Morgan fingerprint density at radius 3 is 3.20 bits per heavy atom. The minimum Gasteiger partial charge on any atom is -0.472 e. The van der Waals surface area contributed by atoms with E-state index >= 15 is 0 Å². The van der Waals surface area contributed by atoms with Gasteiger partial charge >= 0.3 is 0 Å². The number of rotatable bonds is 1. The first-order valence-corrected chi connectivity index (χ1v) is 4.30. The molecule has 0 aliphatic rings. The van der Waals surface area contributed by atoms with Crippen molar-refractivity contribution in [3.63, 3.8) is 0 Å². The summed E-state index contributed by atoms with van der Waals surface area (Å²) in [7, 11) is 0. The highest BCUT2D eigenvalue weighted by molar-refractivity contribution is 5.53. The molecule has 74 valence electrons. The minimum absolute atomic E-state index is 0.223. The molecule has 0 unspecified atom stereocenters. The van der Waals surface area contributed by atoms with Crippen LogP contribution in [0.15, 0.2) is 40.3 Å². The zero-order valence-corrected chi connectivity index (χ0v) is 7.54. The maximum absolute atomic E-state index is 11.6. The molecule has 6 nitrogen and oxygen atoms in total. The molecule has 15 heavy (non-hydrogen) atoms. The smallest absolute Gasteiger partial charge is 0.277 e. The van der Waals surface area contributed by atoms with Crippen LogP contribution in [0.25, 0.3) is 16.9 Å². The predicted octanol–water partition coefficient (Wildman–Crippen LogP) is 0.678. The molecule has 3 heterocycles. The van der Waals surface area contributed by atoms with Crippen LogP contribution in [0.5, 0.6) is 0 Å². The van der Waals surface area contributed by atoms with Crippen LogP contribution in [0.4, 0.5) is 0 Å². The Morgan fingerprint density at radius 1 is 1.47 bits per heavy atom. The van der Waals surface area contributed by atoms with Gasteiger partial charge in [0, 0.05) is 0 Å². The zero-order valence-electron chi connectivity index (χ0n) is 7.54. The molecule has 0 bridgehead atoms. The largest absolute Gasteiger partial charge is 0.472 e. The predicted molar refractivity (Wildman–Crippen MR) is 51.3 cm³/mol. The Morgan fingerprint density at radius 2 is 2.40 bits per heavy atom. The van der Waals surface area contributed by atoms with Crippen molar-refractivity contribution in [2.75, 3.05) is 0 Å². The van der Waals surface area contributed by atoms with Crippen molar-refractivity contribution in [3.05, 3.63) is 41.5 Å². The molecular weight excluding hydrogens is 196 g/mol. The van der Waals surface area contributed by atoms with Crippen LogP contribution >= 0.6 is 0 Å². The second-order valence-electron chi connectivity index (χ2n) is 3.04. The lowest BCUT2D eigenvalue weighted by atomic mass is 10.3. The van der Waals surface area contributed by atoms with Gasteiger partial charge in [0.1, 0.15) is 18.1 Å². The fourth-order valence-corrected chi connectivity index (χ4v) is 1.36. The van der Waals surface area contributed by atoms with E-state index in [9.17, 15) is 4.79 Å². The molecule has 0 spiro atoms. The molecule has 0 aliphatic heterocycles. The van der Waals surface area contributed by atoms with E-state index in [1.807, 2.05) is 0 Å². The van der Waals surface area contributed by atoms with Gasteiger partial charge in [-0.1, -0.05) is 0 Å². The number of hydrogen-bond acceptors (Lipinski definition) is 4. The lowest BCUT2D eigenvalue weighted by molar-refractivity contribution is 0.567. The molecule has 0 aromatic carbocycles. The van der Waals surface area contributed by atoms with Gasteiger partial charge in [0.25, 0.3) is 5.56 Å². The first-order chi connectivity index (χ1) is 7.34. The van der Waals surface area contributed by atoms with Crippen molar-refractivity contribution in [1.82, 2.24) is 19.6 Å². The highest BCUT2D eigenvalue weighted by atomic mass is 16.3. The molecule has 0 aliphatic carbocycles. The van der Waals surface area contributed by atoms with E-state index in [0.29, 0.717) is 11.3 Å². The van der Waals surface area contributed by atoms with Gasteiger partial charge in [0.05, 0.1) is 18.0 Å². The molecule has 0 amide bonds. The normalized spacial score (nSPS) is 10.9. The highest BCUT2D eigenvalue weighted by Crippen LogP contribution is 2.12. The molecule has 0 saturated heterocycles. The van der Waals surface area contributed by atoms with Crippen molar-refractivity contribution in [2.24, 2.45) is 0 Å². The van der Waals surface area contributed by atoms with Gasteiger partial charge in [0.15, 0.2) is 5.82 Å². The number of imidazole rings is 1. The van der Waals surface area contributed by atoms with Crippen LogP contribution in [-0.4, -0.2) is 19.6 Å². The summed E-state index contributed by atoms with van der Waals surface area (Å²) in [5, 5.41) is 4.18. The molecule has 3 aromatic rings. The van der Waals surface area contributed by atoms with Crippen LogP contribution < -0.4 is 5.56 Å². The standard InChI is InChI=1S/C9H6N4O2/c14-9-7-3-10-5-13(7)12-8(11-9)6-1-2-15-4-6/h1-5H,(H,11,12,14). The number of H-pyrrole nitrogens is 1. The molecule has 0 atom stereocenters. The van der Waals surface area contributed by atoms with Crippen molar-refractivity contribution < 1.29 is 4.42 Å². The quantitative estimate of drug-likeness (QED) is 0.629. The summed E-state index contributed by atoms with van der Waals surface area (Å²) in [5.41, 5.74) is 0.920. The fraction of sp³-hybridized carbons (Fsp3) is 0. The van der Waals surface area contributed by atoms with Gasteiger partial charge in [0.2, 0.25) is 0 Å². The van der Waals surface area contributed by atoms with Crippen LogP contribution in [0.3, 0.4) is 0 Å². The van der Waals surface area contributed by atoms with Crippen LogP contribution in [0.2, 0.25) is 0 Å². The van der Waals surface area contributed by atoms with E-state index in [0.717, 1.165) is 5.56 Å². The number of furan rings is 1. The SMILES string of the molecule is O=c1[nH]c(-c2ccoc2)nn2cncc12. The summed E-state index contributed by atoms with van der Waals surface area (Å²) in [4.78, 5) is 18.1. The second kappa shape index (κ2) is 2.81. The summed E-state index contributed by atoms with van der Waals surface area (Å²) in [5.74, 6) is 0.458. The molecule has 0 fully saturated rings. The van der Waals surface area contributed by atoms with Crippen molar-refractivity contribution >= 4 is 5.52 Å². The number of nitrogens with one attached hydrogen (secondary N) is 1. The number of nitrogens with zero attached hydrogens (tertiary/aromatic N) is 3. The first-order valence-electron chi connectivity index (χ1n) is 4.30. The fourth-order valence-electron chi connectivity index (χ4n) is 1.36. The lowest BCUT2D eigenvalue weighted by Gasteiger charge is -1.96. The van der Waals surface area contributed by atoms with E-state index < -0.39 is 0 Å². The van der Waals surface area contributed by atoms with Crippen LogP contribution in [0, 0.1) is 0 Å². The third-order valence-electron chi connectivity index (χ3n) is 2.09. The van der Waals surface area contributed by atoms with Crippen molar-refractivity contribution in [2.45, 2.75) is 0 Å². The molecule has 1 N–H and O–H groups in total. The van der Waals surface area contributed by atoms with E-state index in [1.165, 1.54) is 29.6 Å². The summed E-state index contributed by atoms with van der Waals surface area (Å²) >= 11 is 0. The molecule has 0 radical (unpaired) electrons. The lowest BCUT2D eigenvalue weighted by Crippen LogP contribution is -2.12. The van der Waals surface area contributed by atoms with Gasteiger partial charge in [-0.3, -0.25) is 4.79 Å². The molecule has 3 rings (SSSR count). The molecular formula is C9H6N4O2. The topological polar surface area (TPSA) is 76.2 Å². The number of hydrogen-bond donors (Lipinski definition) is 1. The van der Waals surface area contributed by atoms with Gasteiger partial charge in [-0.25, -0.2) is 9.50 Å². The Hall–Kier alpha value is -2.37. The van der Waals surface area contributed by atoms with Gasteiger partial charge in [-0.2, -0.15) is 0 Å². The maximum Gasteiger partial charge on any atom is 0.277 e. The number of aromatic amines is 1. The molecule has 6 heteroatoms. The number of fused-ring (bicyclic) bond motifs is 1. The van der Waals surface area contributed by atoms with E-state index in [2.05, 4.69) is 15.1 Å². The van der Waals surface area contributed by atoms with Gasteiger partial charge in [-0.15, -0.1) is 5.10 Å². The van der Waals surface area contributed by atoms with Gasteiger partial charge in [-0.05, 0) is 6.07 Å².